The van der Waals surface area contributed by atoms with E-state index >= 15 is 0 Å². The molecule has 17 heavy (non-hydrogen) atoms. The molecule has 1 fully saturated rings. The molecule has 0 aromatic carbocycles. The third-order valence-electron chi connectivity index (χ3n) is 3.61. The quantitative estimate of drug-likeness (QED) is 0.773. The molecular weight excluding hydrogens is 212 g/mol. The van der Waals surface area contributed by atoms with Crippen molar-refractivity contribution in [2.24, 2.45) is 5.92 Å². The fourth-order valence-corrected chi connectivity index (χ4v) is 2.50. The number of rotatable bonds is 6. The van der Waals surface area contributed by atoms with Gasteiger partial charge in [0.05, 0.1) is 0 Å². The summed E-state index contributed by atoms with van der Waals surface area (Å²) in [6.07, 6.45) is 6.51. The first kappa shape index (κ1) is 14.5. The zero-order valence-corrected chi connectivity index (χ0v) is 11.7. The van der Waals surface area contributed by atoms with E-state index in [0.717, 1.165) is 32.4 Å². The summed E-state index contributed by atoms with van der Waals surface area (Å²) in [6, 6.07) is 0.482. The summed E-state index contributed by atoms with van der Waals surface area (Å²) in [5.74, 6) is 0.999. The van der Waals surface area contributed by atoms with Crippen LogP contribution in [0.1, 0.15) is 52.4 Å². The first-order valence-corrected chi connectivity index (χ1v) is 7.09. The van der Waals surface area contributed by atoms with Gasteiger partial charge in [0.15, 0.2) is 0 Å². The van der Waals surface area contributed by atoms with Crippen LogP contribution in [0, 0.1) is 5.92 Å². The zero-order chi connectivity index (χ0) is 12.7. The summed E-state index contributed by atoms with van der Waals surface area (Å²) in [4.78, 5) is 14.3. The number of carbonyl (C=O) groups is 1. The molecular formula is C14H28N2O. The summed E-state index contributed by atoms with van der Waals surface area (Å²) in [7, 11) is 1.98. The number of piperidine rings is 1. The lowest BCUT2D eigenvalue weighted by atomic mass is 9.98. The number of amides is 1. The van der Waals surface area contributed by atoms with Crippen LogP contribution in [0.5, 0.6) is 0 Å². The highest BCUT2D eigenvalue weighted by atomic mass is 16.2. The number of hydrogen-bond donors (Lipinski definition) is 1. The molecule has 0 aromatic rings. The average Bonchev–Trinajstić information content (AvgIpc) is 2.33. The van der Waals surface area contributed by atoms with Crippen molar-refractivity contribution < 1.29 is 4.79 Å². The van der Waals surface area contributed by atoms with E-state index in [4.69, 9.17) is 0 Å². The third kappa shape index (κ3) is 5.07. The van der Waals surface area contributed by atoms with Gasteiger partial charge in [-0.3, -0.25) is 4.79 Å². The van der Waals surface area contributed by atoms with Gasteiger partial charge in [0.2, 0.25) is 5.91 Å². The molecule has 0 saturated carbocycles. The summed E-state index contributed by atoms with van der Waals surface area (Å²) < 4.78 is 0. The fourth-order valence-electron chi connectivity index (χ4n) is 2.50. The number of carbonyl (C=O) groups excluding carboxylic acids is 1. The van der Waals surface area contributed by atoms with Gasteiger partial charge in [0.1, 0.15) is 0 Å². The maximum Gasteiger partial charge on any atom is 0.222 e. The van der Waals surface area contributed by atoms with Gasteiger partial charge in [-0.05, 0) is 51.6 Å². The van der Waals surface area contributed by atoms with Crippen LogP contribution in [0.3, 0.4) is 0 Å². The molecule has 3 nitrogen and oxygen atoms in total. The van der Waals surface area contributed by atoms with E-state index in [-0.39, 0.29) is 0 Å². The van der Waals surface area contributed by atoms with E-state index in [0.29, 0.717) is 17.9 Å². The van der Waals surface area contributed by atoms with Crippen molar-refractivity contribution in [1.82, 2.24) is 10.2 Å². The smallest absolute Gasteiger partial charge is 0.222 e. The molecule has 0 aromatic heterocycles. The van der Waals surface area contributed by atoms with Crippen LogP contribution in [-0.4, -0.2) is 37.0 Å². The van der Waals surface area contributed by atoms with Gasteiger partial charge >= 0.3 is 0 Å². The van der Waals surface area contributed by atoms with Crippen molar-refractivity contribution in [2.75, 3.05) is 20.1 Å². The van der Waals surface area contributed by atoms with Crippen LogP contribution >= 0.6 is 0 Å². The molecule has 1 atom stereocenters. The minimum absolute atomic E-state index is 0.375. The maximum absolute atomic E-state index is 12.2. The summed E-state index contributed by atoms with van der Waals surface area (Å²) in [6.45, 7) is 6.36. The second kappa shape index (κ2) is 7.70. The van der Waals surface area contributed by atoms with E-state index in [1.165, 1.54) is 19.3 Å². The third-order valence-corrected chi connectivity index (χ3v) is 3.61. The predicted octanol–water partition coefficient (Wildman–Crippen LogP) is 2.41. The molecule has 1 aliphatic heterocycles. The Kier molecular flexibility index (Phi) is 6.56. The minimum Gasteiger partial charge on any atom is -0.340 e. The highest BCUT2D eigenvalue weighted by molar-refractivity contribution is 5.76. The Morgan fingerprint density at radius 2 is 2.18 bits per heavy atom. The summed E-state index contributed by atoms with van der Waals surface area (Å²) >= 11 is 0. The number of hydrogen-bond acceptors (Lipinski definition) is 2. The Balaban J connectivity index is 2.42. The van der Waals surface area contributed by atoms with Gasteiger partial charge in [-0.2, -0.15) is 0 Å². The van der Waals surface area contributed by atoms with Crippen molar-refractivity contribution in [1.29, 1.82) is 0 Å². The van der Waals surface area contributed by atoms with E-state index in [2.05, 4.69) is 24.1 Å². The Morgan fingerprint density at radius 3 is 2.82 bits per heavy atom. The van der Waals surface area contributed by atoms with Crippen LogP contribution in [-0.2, 0) is 4.79 Å². The Bertz CT molecular complexity index is 228. The van der Waals surface area contributed by atoms with Crippen LogP contribution in [0.25, 0.3) is 0 Å². The van der Waals surface area contributed by atoms with Crippen molar-refractivity contribution >= 4 is 5.91 Å². The molecule has 1 aliphatic rings. The molecule has 1 rings (SSSR count). The van der Waals surface area contributed by atoms with Crippen LogP contribution in [0.2, 0.25) is 0 Å². The lowest BCUT2D eigenvalue weighted by molar-refractivity contribution is -0.135. The van der Waals surface area contributed by atoms with E-state index in [1.807, 2.05) is 7.05 Å². The van der Waals surface area contributed by atoms with Gasteiger partial charge < -0.3 is 10.2 Å². The van der Waals surface area contributed by atoms with Gasteiger partial charge in [-0.25, -0.2) is 0 Å². The molecule has 0 radical (unpaired) electrons. The van der Waals surface area contributed by atoms with Crippen molar-refractivity contribution in [3.8, 4) is 0 Å². The molecule has 1 unspecified atom stereocenters. The molecule has 1 amide bonds. The average molecular weight is 240 g/mol. The Hall–Kier alpha value is -0.570. The second-order valence-electron chi connectivity index (χ2n) is 5.56. The van der Waals surface area contributed by atoms with E-state index < -0.39 is 0 Å². The van der Waals surface area contributed by atoms with E-state index in [9.17, 15) is 4.79 Å². The molecule has 0 bridgehead atoms. The normalized spacial score (nSPS) is 20.9. The monoisotopic (exact) mass is 240 g/mol. The molecule has 1 N–H and O–H groups in total. The molecule has 3 heteroatoms. The lowest BCUT2D eigenvalue weighted by Gasteiger charge is -2.36. The van der Waals surface area contributed by atoms with Gasteiger partial charge in [-0.1, -0.05) is 13.8 Å². The topological polar surface area (TPSA) is 32.3 Å². The molecule has 0 spiro atoms. The summed E-state index contributed by atoms with van der Waals surface area (Å²) in [5.41, 5.74) is 0. The Morgan fingerprint density at radius 1 is 1.41 bits per heavy atom. The maximum atomic E-state index is 12.2. The standard InChI is InChI=1S/C14H28N2O/c1-12(2)7-8-14(17)16-11-5-4-6-13(16)9-10-15-3/h12-13,15H,4-11H2,1-3H3. The molecule has 1 saturated heterocycles. The zero-order valence-electron chi connectivity index (χ0n) is 11.7. The minimum atomic E-state index is 0.375. The van der Waals surface area contributed by atoms with Crippen LogP contribution < -0.4 is 5.32 Å². The first-order valence-electron chi connectivity index (χ1n) is 7.09. The van der Waals surface area contributed by atoms with Gasteiger partial charge in [0.25, 0.3) is 0 Å². The van der Waals surface area contributed by atoms with Crippen molar-refractivity contribution in [3.63, 3.8) is 0 Å². The molecule has 0 aliphatic carbocycles. The lowest BCUT2D eigenvalue weighted by Crippen LogP contribution is -2.44. The Labute approximate surface area is 106 Å². The molecule has 1 heterocycles. The number of nitrogens with zero attached hydrogens (tertiary/aromatic N) is 1. The highest BCUT2D eigenvalue weighted by Crippen LogP contribution is 2.21. The largest absolute Gasteiger partial charge is 0.340 e. The molecule has 100 valence electrons. The van der Waals surface area contributed by atoms with Gasteiger partial charge in [-0.15, -0.1) is 0 Å². The number of likely N-dealkylation sites (tertiary alicyclic amines) is 1. The van der Waals surface area contributed by atoms with E-state index in [1.54, 1.807) is 0 Å². The number of nitrogens with one attached hydrogen (secondary N) is 1. The predicted molar refractivity (Wildman–Crippen MR) is 72.0 cm³/mol. The van der Waals surface area contributed by atoms with Crippen LogP contribution in [0.15, 0.2) is 0 Å². The van der Waals surface area contributed by atoms with Crippen molar-refractivity contribution in [3.05, 3.63) is 0 Å². The first-order chi connectivity index (χ1) is 8.15. The highest BCUT2D eigenvalue weighted by Gasteiger charge is 2.25. The summed E-state index contributed by atoms with van der Waals surface area (Å²) in [5, 5.41) is 3.19. The van der Waals surface area contributed by atoms with Gasteiger partial charge in [0, 0.05) is 19.0 Å². The van der Waals surface area contributed by atoms with Crippen LogP contribution in [0.4, 0.5) is 0 Å². The van der Waals surface area contributed by atoms with Crippen molar-refractivity contribution in [2.45, 2.75) is 58.4 Å². The SMILES string of the molecule is CNCCC1CCCCN1C(=O)CCC(C)C. The fraction of sp³-hybridized carbons (Fsp3) is 0.929. The second-order valence-corrected chi connectivity index (χ2v) is 5.56.